The average molecular weight is 291 g/mol. The second-order valence-corrected chi connectivity index (χ2v) is 4.93. The standard InChI is InChI=1S/C16H21NO4/c1-3-13-11-21-9-8-17(13)16(19)7-5-12-4-6-14(18)15(10-12)20-2/h4-7,10,13,18H,3,8-9,11H2,1-2H3/b7-5+. The summed E-state index contributed by atoms with van der Waals surface area (Å²) in [6.07, 6.45) is 4.17. The fourth-order valence-electron chi connectivity index (χ4n) is 2.34. The molecule has 0 radical (unpaired) electrons. The van der Waals surface area contributed by atoms with Gasteiger partial charge in [0.25, 0.3) is 0 Å². The van der Waals surface area contributed by atoms with Crippen LogP contribution < -0.4 is 4.74 Å². The summed E-state index contributed by atoms with van der Waals surface area (Å²) in [5, 5.41) is 9.54. The van der Waals surface area contributed by atoms with Crippen molar-refractivity contribution in [2.45, 2.75) is 19.4 Å². The van der Waals surface area contributed by atoms with Crippen molar-refractivity contribution in [1.29, 1.82) is 0 Å². The molecule has 5 heteroatoms. The first-order chi connectivity index (χ1) is 10.2. The van der Waals surface area contributed by atoms with E-state index in [-0.39, 0.29) is 17.7 Å². The Morgan fingerprint density at radius 1 is 1.57 bits per heavy atom. The lowest BCUT2D eigenvalue weighted by molar-refractivity contribution is -0.134. The summed E-state index contributed by atoms with van der Waals surface area (Å²) in [4.78, 5) is 14.1. The van der Waals surface area contributed by atoms with Gasteiger partial charge in [0.2, 0.25) is 5.91 Å². The Bertz CT molecular complexity index is 527. The molecule has 1 unspecified atom stereocenters. The number of nitrogens with zero attached hydrogens (tertiary/aromatic N) is 1. The molecule has 0 bridgehead atoms. The van der Waals surface area contributed by atoms with Crippen LogP contribution in [0, 0.1) is 0 Å². The molecule has 0 aromatic heterocycles. The average Bonchev–Trinajstić information content (AvgIpc) is 2.53. The maximum absolute atomic E-state index is 12.3. The van der Waals surface area contributed by atoms with Crippen molar-refractivity contribution in [2.75, 3.05) is 26.9 Å². The summed E-state index contributed by atoms with van der Waals surface area (Å²) < 4.78 is 10.4. The Hall–Kier alpha value is -2.01. The van der Waals surface area contributed by atoms with Gasteiger partial charge >= 0.3 is 0 Å². The predicted molar refractivity (Wildman–Crippen MR) is 80.3 cm³/mol. The lowest BCUT2D eigenvalue weighted by atomic mass is 10.1. The minimum atomic E-state index is -0.0165. The van der Waals surface area contributed by atoms with Gasteiger partial charge in [-0.1, -0.05) is 13.0 Å². The number of phenolic OH excluding ortho intramolecular Hbond substituents is 1. The van der Waals surface area contributed by atoms with Crippen molar-refractivity contribution in [1.82, 2.24) is 4.90 Å². The van der Waals surface area contributed by atoms with E-state index in [4.69, 9.17) is 9.47 Å². The topological polar surface area (TPSA) is 59.0 Å². The Labute approximate surface area is 124 Å². The molecule has 0 spiro atoms. The molecule has 0 saturated carbocycles. The predicted octanol–water partition coefficient (Wildman–Crippen LogP) is 2.05. The molecule has 1 saturated heterocycles. The molecule has 1 aliphatic heterocycles. The van der Waals surface area contributed by atoms with E-state index in [0.29, 0.717) is 25.5 Å². The minimum Gasteiger partial charge on any atom is -0.504 e. The van der Waals surface area contributed by atoms with E-state index in [1.165, 1.54) is 7.11 Å². The van der Waals surface area contributed by atoms with Crippen LogP contribution in [-0.4, -0.2) is 48.8 Å². The lowest BCUT2D eigenvalue weighted by Gasteiger charge is -2.34. The van der Waals surface area contributed by atoms with Gasteiger partial charge in [0.15, 0.2) is 11.5 Å². The maximum Gasteiger partial charge on any atom is 0.246 e. The van der Waals surface area contributed by atoms with E-state index < -0.39 is 0 Å². The molecule has 1 aromatic carbocycles. The largest absolute Gasteiger partial charge is 0.504 e. The summed E-state index contributed by atoms with van der Waals surface area (Å²) >= 11 is 0. The van der Waals surface area contributed by atoms with E-state index >= 15 is 0 Å². The third kappa shape index (κ3) is 3.76. The highest BCUT2D eigenvalue weighted by Gasteiger charge is 2.24. The van der Waals surface area contributed by atoms with Gasteiger partial charge in [-0.05, 0) is 30.2 Å². The van der Waals surface area contributed by atoms with Crippen molar-refractivity contribution in [2.24, 2.45) is 0 Å². The second-order valence-electron chi connectivity index (χ2n) is 4.93. The first kappa shape index (κ1) is 15.4. The number of phenols is 1. The molecule has 1 aromatic rings. The second kappa shape index (κ2) is 7.13. The third-order valence-electron chi connectivity index (χ3n) is 3.60. The minimum absolute atomic E-state index is 0.0165. The molecule has 5 nitrogen and oxygen atoms in total. The van der Waals surface area contributed by atoms with Crippen LogP contribution in [0.3, 0.4) is 0 Å². The number of carbonyl (C=O) groups is 1. The fraction of sp³-hybridized carbons (Fsp3) is 0.438. The van der Waals surface area contributed by atoms with Gasteiger partial charge in [-0.3, -0.25) is 4.79 Å². The summed E-state index contributed by atoms with van der Waals surface area (Å²) in [5.41, 5.74) is 0.805. The van der Waals surface area contributed by atoms with Gasteiger partial charge in [0.1, 0.15) is 0 Å². The summed E-state index contributed by atoms with van der Waals surface area (Å²) in [6.45, 7) is 3.86. The van der Waals surface area contributed by atoms with E-state index in [1.807, 2.05) is 11.8 Å². The van der Waals surface area contributed by atoms with E-state index in [9.17, 15) is 9.90 Å². The number of morpholine rings is 1. The number of rotatable bonds is 4. The van der Waals surface area contributed by atoms with E-state index in [0.717, 1.165) is 12.0 Å². The van der Waals surface area contributed by atoms with E-state index in [1.54, 1.807) is 30.4 Å². The molecular weight excluding hydrogens is 270 g/mol. The van der Waals surface area contributed by atoms with Gasteiger partial charge < -0.3 is 19.5 Å². The molecule has 2 rings (SSSR count). The molecule has 1 atom stereocenters. The van der Waals surface area contributed by atoms with Crippen LogP contribution in [0.15, 0.2) is 24.3 Å². The van der Waals surface area contributed by atoms with Gasteiger partial charge in [-0.15, -0.1) is 0 Å². The van der Waals surface area contributed by atoms with Crippen molar-refractivity contribution < 1.29 is 19.4 Å². The number of carbonyl (C=O) groups excluding carboxylic acids is 1. The molecule has 1 amide bonds. The monoisotopic (exact) mass is 291 g/mol. The summed E-state index contributed by atoms with van der Waals surface area (Å²) in [6, 6.07) is 5.12. The number of aromatic hydroxyl groups is 1. The Morgan fingerprint density at radius 3 is 3.10 bits per heavy atom. The quantitative estimate of drug-likeness (QED) is 0.863. The molecular formula is C16H21NO4. The third-order valence-corrected chi connectivity index (χ3v) is 3.60. The molecule has 1 N–H and O–H groups in total. The molecule has 0 aliphatic carbocycles. The normalized spacial score (nSPS) is 19.0. The highest BCUT2D eigenvalue weighted by atomic mass is 16.5. The number of benzene rings is 1. The lowest BCUT2D eigenvalue weighted by Crippen LogP contribution is -2.47. The number of hydrogen-bond donors (Lipinski definition) is 1. The van der Waals surface area contributed by atoms with Crippen LogP contribution in [-0.2, 0) is 9.53 Å². The van der Waals surface area contributed by atoms with Crippen LogP contribution in [0.4, 0.5) is 0 Å². The van der Waals surface area contributed by atoms with Crippen molar-refractivity contribution in [3.63, 3.8) is 0 Å². The number of ether oxygens (including phenoxy) is 2. The van der Waals surface area contributed by atoms with Gasteiger partial charge in [0.05, 0.1) is 26.4 Å². The van der Waals surface area contributed by atoms with Crippen LogP contribution >= 0.6 is 0 Å². The molecule has 21 heavy (non-hydrogen) atoms. The molecule has 1 aliphatic rings. The van der Waals surface area contributed by atoms with Gasteiger partial charge in [-0.25, -0.2) is 0 Å². The number of hydrogen-bond acceptors (Lipinski definition) is 4. The molecule has 1 heterocycles. The molecule has 114 valence electrons. The van der Waals surface area contributed by atoms with Crippen molar-refractivity contribution in [3.05, 3.63) is 29.8 Å². The van der Waals surface area contributed by atoms with Crippen LogP contribution in [0.1, 0.15) is 18.9 Å². The zero-order valence-electron chi connectivity index (χ0n) is 12.4. The Morgan fingerprint density at radius 2 is 2.38 bits per heavy atom. The van der Waals surface area contributed by atoms with Gasteiger partial charge in [0, 0.05) is 12.6 Å². The summed E-state index contributed by atoms with van der Waals surface area (Å²) in [5.74, 6) is 0.458. The van der Waals surface area contributed by atoms with Crippen LogP contribution in [0.2, 0.25) is 0 Å². The first-order valence-electron chi connectivity index (χ1n) is 7.09. The van der Waals surface area contributed by atoms with Crippen molar-refractivity contribution >= 4 is 12.0 Å². The highest BCUT2D eigenvalue weighted by molar-refractivity contribution is 5.92. The van der Waals surface area contributed by atoms with Crippen LogP contribution in [0.5, 0.6) is 11.5 Å². The van der Waals surface area contributed by atoms with Crippen molar-refractivity contribution in [3.8, 4) is 11.5 Å². The smallest absolute Gasteiger partial charge is 0.246 e. The molecule has 1 fully saturated rings. The highest BCUT2D eigenvalue weighted by Crippen LogP contribution is 2.26. The van der Waals surface area contributed by atoms with E-state index in [2.05, 4.69) is 0 Å². The fourth-order valence-corrected chi connectivity index (χ4v) is 2.34. The Balaban J connectivity index is 2.07. The number of methoxy groups -OCH3 is 1. The van der Waals surface area contributed by atoms with Crippen LogP contribution in [0.25, 0.3) is 6.08 Å². The maximum atomic E-state index is 12.3. The summed E-state index contributed by atoms with van der Waals surface area (Å²) in [7, 11) is 1.49. The zero-order valence-corrected chi connectivity index (χ0v) is 12.4. The Kier molecular flexibility index (Phi) is 5.22. The van der Waals surface area contributed by atoms with Gasteiger partial charge in [-0.2, -0.15) is 0 Å². The SMILES string of the molecule is CCC1COCCN1C(=O)/C=C/c1ccc(O)c(OC)c1. The first-order valence-corrected chi connectivity index (χ1v) is 7.09. The number of amides is 1. The zero-order chi connectivity index (χ0) is 15.2.